The number of nitrogens with one attached hydrogen (secondary N) is 1. The standard InChI is InChI=1S/C25H19F4N3O2/c1-34-19-11-5-15(6-12-19)13-31-14-16-3-2-4-20(26)21(16)22-23(31)24(33)32(30-22)18-9-7-17(8-10-18)25(27,28)29/h2-12,14,30,33H,13H2,1H3. The molecule has 0 bridgehead atoms. The van der Waals surface area contributed by atoms with E-state index >= 15 is 0 Å². The number of alkyl halides is 3. The SMILES string of the molecule is COc1ccc(CN2C=c3cccc(F)c3=C3NN(c4ccc(C(F)(F)F)cc4)C(O)=C32)cc1. The Hall–Kier alpha value is -4.14. The van der Waals surface area contributed by atoms with Gasteiger partial charge in [0.2, 0.25) is 5.88 Å². The van der Waals surface area contributed by atoms with Crippen molar-refractivity contribution in [3.8, 4) is 5.75 Å². The molecule has 2 heterocycles. The Balaban J connectivity index is 1.60. The van der Waals surface area contributed by atoms with Gasteiger partial charge < -0.3 is 14.7 Å². The second-order valence-corrected chi connectivity index (χ2v) is 7.85. The predicted molar refractivity (Wildman–Crippen MR) is 119 cm³/mol. The van der Waals surface area contributed by atoms with Gasteiger partial charge in [0.05, 0.1) is 24.1 Å². The second kappa shape index (κ2) is 8.02. The first-order chi connectivity index (χ1) is 16.3. The fourth-order valence-corrected chi connectivity index (χ4v) is 4.07. The van der Waals surface area contributed by atoms with Gasteiger partial charge in [-0.05, 0) is 48.0 Å². The lowest BCUT2D eigenvalue weighted by Gasteiger charge is -2.25. The molecule has 0 saturated heterocycles. The van der Waals surface area contributed by atoms with Crippen molar-refractivity contribution in [2.24, 2.45) is 0 Å². The molecule has 0 aliphatic carbocycles. The third kappa shape index (κ3) is 3.68. The van der Waals surface area contributed by atoms with Crippen molar-refractivity contribution in [3.63, 3.8) is 0 Å². The van der Waals surface area contributed by atoms with E-state index in [1.54, 1.807) is 30.3 Å². The summed E-state index contributed by atoms with van der Waals surface area (Å²) in [5.41, 5.74) is 3.97. The molecule has 0 aromatic heterocycles. The van der Waals surface area contributed by atoms with Gasteiger partial charge >= 0.3 is 6.18 Å². The number of nitrogens with zero attached hydrogens (tertiary/aromatic N) is 2. The maximum atomic E-state index is 14.8. The van der Waals surface area contributed by atoms with Crippen LogP contribution in [0.4, 0.5) is 23.2 Å². The number of hydrogen-bond donors (Lipinski definition) is 2. The number of fused-ring (bicyclic) bond motifs is 2. The van der Waals surface area contributed by atoms with E-state index in [1.165, 1.54) is 23.2 Å². The third-order valence-corrected chi connectivity index (χ3v) is 5.73. The molecule has 2 N–H and O–H groups in total. The molecule has 0 spiro atoms. The molecule has 0 saturated carbocycles. The van der Waals surface area contributed by atoms with Crippen molar-refractivity contribution < 1.29 is 27.4 Å². The van der Waals surface area contributed by atoms with Gasteiger partial charge in [0.1, 0.15) is 17.3 Å². The van der Waals surface area contributed by atoms with Crippen LogP contribution in [0.1, 0.15) is 11.1 Å². The van der Waals surface area contributed by atoms with Gasteiger partial charge in [-0.25, -0.2) is 9.40 Å². The van der Waals surface area contributed by atoms with Crippen LogP contribution in [0.15, 0.2) is 78.3 Å². The number of aliphatic hydroxyl groups is 1. The normalized spacial score (nSPS) is 15.0. The molecule has 5 rings (SSSR count). The minimum Gasteiger partial charge on any atom is -0.497 e. The maximum Gasteiger partial charge on any atom is 0.416 e. The van der Waals surface area contributed by atoms with E-state index in [9.17, 15) is 22.7 Å². The molecular weight excluding hydrogens is 450 g/mol. The summed E-state index contributed by atoms with van der Waals surface area (Å²) < 4.78 is 59.0. The summed E-state index contributed by atoms with van der Waals surface area (Å²) in [6.45, 7) is 0.353. The molecule has 0 amide bonds. The number of hydrogen-bond acceptors (Lipinski definition) is 5. The van der Waals surface area contributed by atoms with E-state index in [2.05, 4.69) is 5.43 Å². The number of hydrazine groups is 1. The quantitative estimate of drug-likeness (QED) is 0.567. The van der Waals surface area contributed by atoms with Gasteiger partial charge in [0.15, 0.2) is 0 Å². The third-order valence-electron chi connectivity index (χ3n) is 5.73. The van der Waals surface area contributed by atoms with Crippen LogP contribution in [0.2, 0.25) is 0 Å². The van der Waals surface area contributed by atoms with Crippen LogP contribution >= 0.6 is 0 Å². The number of aliphatic hydroxyl groups excluding tert-OH is 1. The van der Waals surface area contributed by atoms with E-state index in [0.717, 1.165) is 17.7 Å². The Kier molecular flexibility index (Phi) is 5.11. The Labute approximate surface area is 192 Å². The van der Waals surface area contributed by atoms with Crippen LogP contribution < -0.4 is 25.6 Å². The number of halogens is 4. The van der Waals surface area contributed by atoms with Crippen LogP contribution in [0.25, 0.3) is 11.9 Å². The Morgan fingerprint density at radius 1 is 0.971 bits per heavy atom. The van der Waals surface area contributed by atoms with Crippen LogP contribution in [0, 0.1) is 5.82 Å². The van der Waals surface area contributed by atoms with Crippen molar-refractivity contribution in [3.05, 3.63) is 106 Å². The van der Waals surface area contributed by atoms with Gasteiger partial charge in [0.25, 0.3) is 0 Å². The largest absolute Gasteiger partial charge is 0.497 e. The van der Waals surface area contributed by atoms with Gasteiger partial charge in [-0.3, -0.25) is 5.43 Å². The first-order valence-electron chi connectivity index (χ1n) is 10.3. The highest BCUT2D eigenvalue weighted by Crippen LogP contribution is 2.35. The summed E-state index contributed by atoms with van der Waals surface area (Å²) in [5, 5.41) is 13.2. The average Bonchev–Trinajstić information content (AvgIpc) is 3.16. The molecule has 34 heavy (non-hydrogen) atoms. The fourth-order valence-electron chi connectivity index (χ4n) is 4.07. The molecule has 0 unspecified atom stereocenters. The molecule has 0 atom stereocenters. The molecule has 0 fully saturated rings. The highest BCUT2D eigenvalue weighted by molar-refractivity contribution is 5.75. The molecule has 2 aliphatic heterocycles. The summed E-state index contributed by atoms with van der Waals surface area (Å²) >= 11 is 0. The molecule has 3 aromatic rings. The summed E-state index contributed by atoms with van der Waals surface area (Å²) in [5.74, 6) is -0.0440. The zero-order chi connectivity index (χ0) is 24.0. The molecule has 3 aromatic carbocycles. The maximum absolute atomic E-state index is 14.8. The first kappa shape index (κ1) is 21.7. The smallest absolute Gasteiger partial charge is 0.416 e. The fraction of sp³-hybridized carbons (Fsp3) is 0.120. The van der Waals surface area contributed by atoms with Gasteiger partial charge in [-0.15, -0.1) is 0 Å². The first-order valence-corrected chi connectivity index (χ1v) is 10.3. The summed E-state index contributed by atoms with van der Waals surface area (Å²) in [7, 11) is 1.57. The monoisotopic (exact) mass is 469 g/mol. The number of benzene rings is 3. The minimum atomic E-state index is -4.48. The summed E-state index contributed by atoms with van der Waals surface area (Å²) in [6.07, 6.45) is -2.75. The van der Waals surface area contributed by atoms with Crippen molar-refractivity contribution >= 4 is 17.6 Å². The van der Waals surface area contributed by atoms with Crippen molar-refractivity contribution in [1.29, 1.82) is 0 Å². The van der Waals surface area contributed by atoms with Crippen LogP contribution in [0.3, 0.4) is 0 Å². The van der Waals surface area contributed by atoms with Gasteiger partial charge in [-0.1, -0.05) is 24.3 Å². The lowest BCUT2D eigenvalue weighted by Crippen LogP contribution is -2.42. The number of ether oxygens (including phenoxy) is 1. The highest BCUT2D eigenvalue weighted by atomic mass is 19.4. The Bertz CT molecular complexity index is 1400. The number of rotatable bonds is 4. The van der Waals surface area contributed by atoms with Crippen molar-refractivity contribution in [1.82, 2.24) is 10.3 Å². The van der Waals surface area contributed by atoms with Crippen molar-refractivity contribution in [2.75, 3.05) is 12.1 Å². The predicted octanol–water partition coefficient (Wildman–Crippen LogP) is 3.97. The molecule has 9 heteroatoms. The molecule has 2 aliphatic rings. The van der Waals surface area contributed by atoms with Gasteiger partial charge in [0, 0.05) is 23.2 Å². The lowest BCUT2D eigenvalue weighted by atomic mass is 10.1. The van der Waals surface area contributed by atoms with Crippen molar-refractivity contribution in [2.45, 2.75) is 12.7 Å². The highest BCUT2D eigenvalue weighted by Gasteiger charge is 2.35. The number of anilines is 1. The molecule has 0 radical (unpaired) electrons. The van der Waals surface area contributed by atoms with E-state index < -0.39 is 17.6 Å². The average molecular weight is 469 g/mol. The lowest BCUT2D eigenvalue weighted by molar-refractivity contribution is -0.137. The van der Waals surface area contributed by atoms with Crippen LogP contribution in [-0.2, 0) is 12.7 Å². The van der Waals surface area contributed by atoms with Gasteiger partial charge in [-0.2, -0.15) is 13.2 Å². The van der Waals surface area contributed by atoms with E-state index in [-0.39, 0.29) is 16.8 Å². The minimum absolute atomic E-state index is 0.256. The van der Waals surface area contributed by atoms with E-state index in [1.807, 2.05) is 24.3 Å². The topological polar surface area (TPSA) is 48.0 Å². The van der Waals surface area contributed by atoms with Crippen LogP contribution in [-0.4, -0.2) is 17.1 Å². The van der Waals surface area contributed by atoms with E-state index in [4.69, 9.17) is 4.74 Å². The second-order valence-electron chi connectivity index (χ2n) is 7.85. The van der Waals surface area contributed by atoms with E-state index in [0.29, 0.717) is 28.9 Å². The summed E-state index contributed by atoms with van der Waals surface area (Å²) in [4.78, 5) is 1.77. The molecule has 174 valence electrons. The zero-order valence-electron chi connectivity index (χ0n) is 17.9. The Morgan fingerprint density at radius 2 is 1.68 bits per heavy atom. The van der Waals surface area contributed by atoms with Crippen LogP contribution in [0.5, 0.6) is 5.75 Å². The number of methoxy groups -OCH3 is 1. The Morgan fingerprint density at radius 3 is 2.32 bits per heavy atom. The molecule has 5 nitrogen and oxygen atoms in total. The zero-order valence-corrected chi connectivity index (χ0v) is 17.9. The summed E-state index contributed by atoms with van der Waals surface area (Å²) in [6, 6.07) is 16.4. The molecular formula is C25H19F4N3O2.